The van der Waals surface area contributed by atoms with E-state index in [1.807, 2.05) is 26.0 Å². The Morgan fingerprint density at radius 3 is 2.52 bits per heavy atom. The van der Waals surface area contributed by atoms with Gasteiger partial charge in [-0.2, -0.15) is 0 Å². The molecule has 0 aromatic carbocycles. The molecular weight excluding hydrogens is 524 g/mol. The smallest absolute Gasteiger partial charge is 0.339 e. The fraction of sp³-hybridized carbons (Fsp3) is 0.750. The summed E-state index contributed by atoms with van der Waals surface area (Å²) in [6, 6.07) is 0. The van der Waals surface area contributed by atoms with E-state index in [4.69, 9.17) is 4.74 Å². The van der Waals surface area contributed by atoms with E-state index in [-0.39, 0.29) is 11.8 Å². The number of nitrogens with one attached hydrogen (secondary N) is 1. The highest BCUT2D eigenvalue weighted by Gasteiger charge is 2.84. The third-order valence-corrected chi connectivity index (χ3v) is 7.77. The third-order valence-electron chi connectivity index (χ3n) is 5.18. The topological polar surface area (TPSA) is 75.6 Å². The Morgan fingerprint density at radius 1 is 1.39 bits per heavy atom. The van der Waals surface area contributed by atoms with E-state index in [1.165, 1.54) is 0 Å². The molecule has 0 aromatic rings. The van der Waals surface area contributed by atoms with Crippen LogP contribution in [0.2, 0.25) is 0 Å². The minimum Gasteiger partial charge on any atom is -0.452 e. The number of rotatable bonds is 7. The van der Waals surface area contributed by atoms with Crippen LogP contribution in [-0.2, 0) is 14.3 Å². The summed E-state index contributed by atoms with van der Waals surface area (Å²) in [6.45, 7) is 5.75. The first-order valence-corrected chi connectivity index (χ1v) is 10.5. The lowest BCUT2D eigenvalue weighted by Gasteiger charge is -2.56. The molecule has 2 rings (SSSR count). The van der Waals surface area contributed by atoms with Crippen LogP contribution in [0.5, 0.6) is 0 Å². The summed E-state index contributed by atoms with van der Waals surface area (Å²) in [5, 5.41) is 13.8. The molecule has 0 spiro atoms. The molecule has 5 nitrogen and oxygen atoms in total. The zero-order valence-corrected chi connectivity index (χ0v) is 17.9. The van der Waals surface area contributed by atoms with Crippen molar-refractivity contribution in [3.8, 4) is 0 Å². The maximum atomic E-state index is 12.6. The van der Waals surface area contributed by atoms with E-state index in [0.717, 1.165) is 10.8 Å². The molecular formula is C16H23I2NO4. The maximum absolute atomic E-state index is 12.6. The number of halogens is 2. The van der Waals surface area contributed by atoms with Crippen molar-refractivity contribution in [2.75, 3.05) is 4.43 Å². The molecule has 0 unspecified atom stereocenters. The molecule has 2 aliphatic rings. The molecule has 2 aliphatic heterocycles. The summed E-state index contributed by atoms with van der Waals surface area (Å²) in [7, 11) is 0. The Labute approximate surface area is 164 Å². The first kappa shape index (κ1) is 19.4. The Bertz CT molecular complexity index is 540. The lowest BCUT2D eigenvalue weighted by molar-refractivity contribution is -0.233. The van der Waals surface area contributed by atoms with Crippen LogP contribution >= 0.6 is 45.2 Å². The van der Waals surface area contributed by atoms with Gasteiger partial charge in [0, 0.05) is 10.3 Å². The number of amides is 1. The molecule has 0 saturated carbocycles. The van der Waals surface area contributed by atoms with Crippen LogP contribution in [-0.4, -0.2) is 42.1 Å². The number of carbonyl (C=O) groups excluding carboxylic acids is 2. The molecule has 23 heavy (non-hydrogen) atoms. The van der Waals surface area contributed by atoms with E-state index < -0.39 is 26.6 Å². The highest BCUT2D eigenvalue weighted by Crippen LogP contribution is 2.58. The molecule has 0 bridgehead atoms. The van der Waals surface area contributed by atoms with Gasteiger partial charge in [-0.15, -0.1) is 0 Å². The number of hydrogen-bond acceptors (Lipinski definition) is 4. The predicted octanol–water partition coefficient (Wildman–Crippen LogP) is 2.52. The van der Waals surface area contributed by atoms with Crippen LogP contribution in [0.4, 0.5) is 0 Å². The number of esters is 1. The summed E-state index contributed by atoms with van der Waals surface area (Å²) in [5.41, 5.74) is -2.39. The van der Waals surface area contributed by atoms with Crippen LogP contribution in [0, 0.1) is 5.92 Å². The standard InChI is InChI=1S/C16H23I2NO4/c1-4-6-7-10(5-2)11(20)16-13(22)23-14(16,3)15(18,8-9-17)12(21)19-16/h6-7,10-11,20H,4-5,8-9H2,1-3H3,(H,19,21)/b7-6-/t10-,11-,14-,15+,16-/m0/s1. The van der Waals surface area contributed by atoms with Crippen LogP contribution < -0.4 is 5.32 Å². The third kappa shape index (κ3) is 2.47. The fourth-order valence-corrected chi connectivity index (χ4v) is 6.39. The average Bonchev–Trinajstić information content (AvgIpc) is 2.64. The van der Waals surface area contributed by atoms with Gasteiger partial charge in [-0.05, 0) is 26.2 Å². The Kier molecular flexibility index (Phi) is 5.72. The summed E-state index contributed by atoms with van der Waals surface area (Å²) in [6.07, 6.45) is 5.03. The van der Waals surface area contributed by atoms with Gasteiger partial charge in [0.2, 0.25) is 11.4 Å². The summed E-state index contributed by atoms with van der Waals surface area (Å²) in [4.78, 5) is 25.0. The highest BCUT2D eigenvalue weighted by molar-refractivity contribution is 14.1. The Balaban J connectivity index is 2.45. The van der Waals surface area contributed by atoms with E-state index >= 15 is 0 Å². The summed E-state index contributed by atoms with van der Waals surface area (Å²) in [5.74, 6) is -0.964. The molecule has 2 fully saturated rings. The van der Waals surface area contributed by atoms with Gasteiger partial charge in [-0.25, -0.2) is 4.79 Å². The largest absolute Gasteiger partial charge is 0.452 e. The van der Waals surface area contributed by atoms with E-state index in [0.29, 0.717) is 12.8 Å². The fourth-order valence-electron chi connectivity index (χ4n) is 3.61. The number of fused-ring (bicyclic) bond motifs is 1. The van der Waals surface area contributed by atoms with E-state index in [1.54, 1.807) is 6.92 Å². The number of hydrogen-bond donors (Lipinski definition) is 2. The second-order valence-corrected chi connectivity index (χ2v) is 9.20. The molecule has 2 N–H and O–H groups in total. The average molecular weight is 547 g/mol. The molecule has 130 valence electrons. The van der Waals surface area contributed by atoms with Crippen molar-refractivity contribution < 1.29 is 19.4 Å². The number of aliphatic hydroxyl groups is 1. The monoisotopic (exact) mass is 547 g/mol. The van der Waals surface area contributed by atoms with Crippen LogP contribution in [0.25, 0.3) is 0 Å². The number of aliphatic hydroxyl groups excluding tert-OH is 1. The minimum absolute atomic E-state index is 0.208. The van der Waals surface area contributed by atoms with Crippen LogP contribution in [0.3, 0.4) is 0 Å². The molecule has 0 aromatic heterocycles. The number of allylic oxidation sites excluding steroid dienone is 1. The van der Waals surface area contributed by atoms with Gasteiger partial charge in [0.25, 0.3) is 0 Å². The van der Waals surface area contributed by atoms with Crippen molar-refractivity contribution >= 4 is 57.1 Å². The summed E-state index contributed by atoms with van der Waals surface area (Å²) < 4.78 is 5.41. The molecule has 2 saturated heterocycles. The second-order valence-electron chi connectivity index (χ2n) is 6.28. The van der Waals surface area contributed by atoms with Crippen molar-refractivity contribution in [2.45, 2.75) is 60.7 Å². The van der Waals surface area contributed by atoms with Crippen molar-refractivity contribution in [1.82, 2.24) is 5.32 Å². The first-order chi connectivity index (χ1) is 10.7. The van der Waals surface area contributed by atoms with Crippen molar-refractivity contribution in [1.29, 1.82) is 0 Å². The van der Waals surface area contributed by atoms with Gasteiger partial charge in [-0.3, -0.25) is 4.79 Å². The van der Waals surface area contributed by atoms with Crippen LogP contribution in [0.15, 0.2) is 12.2 Å². The quantitative estimate of drug-likeness (QED) is 0.223. The van der Waals surface area contributed by atoms with Gasteiger partial charge in [0.1, 0.15) is 3.42 Å². The molecule has 1 amide bonds. The van der Waals surface area contributed by atoms with Gasteiger partial charge in [-0.1, -0.05) is 71.2 Å². The molecule has 0 aliphatic carbocycles. The number of alkyl halides is 2. The van der Waals surface area contributed by atoms with E-state index in [9.17, 15) is 14.7 Å². The highest BCUT2D eigenvalue weighted by atomic mass is 127. The van der Waals surface area contributed by atoms with Crippen molar-refractivity contribution in [3.05, 3.63) is 12.2 Å². The van der Waals surface area contributed by atoms with Crippen LogP contribution in [0.1, 0.15) is 40.0 Å². The number of ether oxygens (including phenoxy) is 1. The van der Waals surface area contributed by atoms with Gasteiger partial charge >= 0.3 is 5.97 Å². The normalized spacial score (nSPS) is 38.7. The zero-order valence-electron chi connectivity index (χ0n) is 13.6. The molecule has 0 radical (unpaired) electrons. The molecule has 7 heteroatoms. The SMILES string of the molecule is CC/C=C\[C@H](CC)[C@H](O)[C@@]12NC(=O)[C@](I)(CCI)[C@]1(C)OC2=O. The second kappa shape index (κ2) is 6.78. The number of carbonyl (C=O) groups is 2. The minimum atomic E-state index is -1.35. The maximum Gasteiger partial charge on any atom is 0.339 e. The van der Waals surface area contributed by atoms with Gasteiger partial charge in [0.05, 0.1) is 6.10 Å². The molecule has 2 heterocycles. The molecule has 5 atom stereocenters. The predicted molar refractivity (Wildman–Crippen MR) is 105 cm³/mol. The lowest BCUT2D eigenvalue weighted by atomic mass is 9.65. The van der Waals surface area contributed by atoms with Gasteiger partial charge < -0.3 is 15.2 Å². The lowest BCUT2D eigenvalue weighted by Crippen LogP contribution is -2.81. The van der Waals surface area contributed by atoms with Gasteiger partial charge in [0.15, 0.2) is 5.60 Å². The Hall–Kier alpha value is 0.1000. The van der Waals surface area contributed by atoms with Crippen molar-refractivity contribution in [2.24, 2.45) is 5.92 Å². The Morgan fingerprint density at radius 2 is 2.04 bits per heavy atom. The zero-order chi connectivity index (χ0) is 17.5. The van der Waals surface area contributed by atoms with Crippen molar-refractivity contribution in [3.63, 3.8) is 0 Å². The van der Waals surface area contributed by atoms with E-state index in [2.05, 4.69) is 50.5 Å². The summed E-state index contributed by atoms with van der Waals surface area (Å²) >= 11 is 4.31. The first-order valence-electron chi connectivity index (χ1n) is 7.90.